The van der Waals surface area contributed by atoms with Crippen molar-refractivity contribution < 1.29 is 14.3 Å². The molecule has 0 aromatic heterocycles. The minimum atomic E-state index is 0.0369. The highest BCUT2D eigenvalue weighted by Crippen LogP contribution is 2.33. The Kier molecular flexibility index (Phi) is 4.83. The highest BCUT2D eigenvalue weighted by atomic mass is 16.5. The number of hydrogen-bond acceptors (Lipinski definition) is 4. The molecule has 3 aliphatic rings. The van der Waals surface area contributed by atoms with Gasteiger partial charge in [0.25, 0.3) is 0 Å². The predicted octanol–water partition coefficient (Wildman–Crippen LogP) is 1.18. The van der Waals surface area contributed by atoms with Crippen LogP contribution < -0.4 is 0 Å². The maximum atomic E-state index is 12.8. The molecule has 0 aliphatic carbocycles. The molecular weight excluding hydrogens is 304 g/mol. The van der Waals surface area contributed by atoms with E-state index in [-0.39, 0.29) is 24.0 Å². The summed E-state index contributed by atoms with van der Waals surface area (Å²) in [4.78, 5) is 17.2. The van der Waals surface area contributed by atoms with Gasteiger partial charge in [0.05, 0.1) is 31.3 Å². The molecule has 3 saturated heterocycles. The number of carbonyl (C=O) groups excluding carboxylic acids is 1. The van der Waals surface area contributed by atoms with Crippen LogP contribution in [0, 0.1) is 5.92 Å². The van der Waals surface area contributed by atoms with E-state index in [9.17, 15) is 4.79 Å². The second kappa shape index (κ2) is 7.21. The first kappa shape index (κ1) is 16.1. The summed E-state index contributed by atoms with van der Waals surface area (Å²) in [5, 5.41) is 0. The van der Waals surface area contributed by atoms with Crippen LogP contribution in [0.4, 0.5) is 0 Å². The van der Waals surface area contributed by atoms with Crippen molar-refractivity contribution in [3.63, 3.8) is 0 Å². The van der Waals surface area contributed by atoms with E-state index in [0.29, 0.717) is 13.2 Å². The standard InChI is InChI=1S/C19H26N2O3/c22-19(21-8-10-23-11-9-21)17-12-16-13-20(14-18(17)24-16)7-6-15-4-2-1-3-5-15/h1-5,16-18H,6-14H2/t16-,17+,18+/m0/s1. The number of ether oxygens (including phenoxy) is 2. The average molecular weight is 330 g/mol. The molecule has 0 saturated carbocycles. The van der Waals surface area contributed by atoms with E-state index < -0.39 is 0 Å². The van der Waals surface area contributed by atoms with Gasteiger partial charge < -0.3 is 14.4 Å². The fourth-order valence-corrected chi connectivity index (χ4v) is 4.13. The van der Waals surface area contributed by atoms with Gasteiger partial charge in [0.2, 0.25) is 5.91 Å². The molecule has 24 heavy (non-hydrogen) atoms. The lowest BCUT2D eigenvalue weighted by Gasteiger charge is -2.34. The van der Waals surface area contributed by atoms with E-state index in [4.69, 9.17) is 9.47 Å². The van der Waals surface area contributed by atoms with Gasteiger partial charge in [-0.25, -0.2) is 0 Å². The lowest BCUT2D eigenvalue weighted by molar-refractivity contribution is -0.142. The number of amides is 1. The van der Waals surface area contributed by atoms with E-state index in [1.54, 1.807) is 0 Å². The van der Waals surface area contributed by atoms with Crippen LogP contribution in [-0.2, 0) is 20.7 Å². The second-order valence-corrected chi connectivity index (χ2v) is 7.07. The largest absolute Gasteiger partial charge is 0.378 e. The molecule has 3 aliphatic heterocycles. The van der Waals surface area contributed by atoms with E-state index in [0.717, 1.165) is 45.6 Å². The summed E-state index contributed by atoms with van der Waals surface area (Å²) < 4.78 is 11.4. The summed E-state index contributed by atoms with van der Waals surface area (Å²) in [7, 11) is 0. The molecule has 0 spiro atoms. The van der Waals surface area contributed by atoms with Crippen LogP contribution in [0.25, 0.3) is 0 Å². The number of benzene rings is 1. The summed E-state index contributed by atoms with van der Waals surface area (Å²) >= 11 is 0. The molecule has 0 N–H and O–H groups in total. The van der Waals surface area contributed by atoms with Crippen molar-refractivity contribution in [1.82, 2.24) is 9.80 Å². The summed E-state index contributed by atoms with van der Waals surface area (Å²) in [5.74, 6) is 0.311. The van der Waals surface area contributed by atoms with Gasteiger partial charge in [-0.05, 0) is 18.4 Å². The summed E-state index contributed by atoms with van der Waals surface area (Å²) in [5.41, 5.74) is 1.37. The summed E-state index contributed by atoms with van der Waals surface area (Å²) in [6.45, 7) is 5.65. The van der Waals surface area contributed by atoms with E-state index in [1.165, 1.54) is 5.56 Å². The lowest BCUT2D eigenvalue weighted by Crippen LogP contribution is -2.48. The molecule has 3 atom stereocenters. The zero-order valence-electron chi connectivity index (χ0n) is 14.1. The first-order valence-corrected chi connectivity index (χ1v) is 9.08. The minimum absolute atomic E-state index is 0.0369. The number of nitrogens with zero attached hydrogens (tertiary/aromatic N) is 2. The van der Waals surface area contributed by atoms with Crippen LogP contribution in [0.15, 0.2) is 30.3 Å². The van der Waals surface area contributed by atoms with Gasteiger partial charge in [-0.15, -0.1) is 0 Å². The second-order valence-electron chi connectivity index (χ2n) is 7.07. The fraction of sp³-hybridized carbons (Fsp3) is 0.632. The highest BCUT2D eigenvalue weighted by Gasteiger charge is 2.45. The quantitative estimate of drug-likeness (QED) is 0.831. The van der Waals surface area contributed by atoms with Gasteiger partial charge >= 0.3 is 0 Å². The molecule has 1 aromatic rings. The van der Waals surface area contributed by atoms with Crippen molar-refractivity contribution in [2.45, 2.75) is 25.0 Å². The molecule has 5 heteroatoms. The zero-order valence-corrected chi connectivity index (χ0v) is 14.1. The Morgan fingerprint density at radius 2 is 1.92 bits per heavy atom. The Hall–Kier alpha value is -1.43. The summed E-state index contributed by atoms with van der Waals surface area (Å²) in [6.07, 6.45) is 2.22. The molecule has 0 radical (unpaired) electrons. The SMILES string of the molecule is O=C([C@@H]1C[C@H]2CN(CCc3ccccc3)C[C@H]1O2)N1CCOCC1. The van der Waals surface area contributed by atoms with Gasteiger partial charge in [-0.1, -0.05) is 30.3 Å². The predicted molar refractivity (Wildman–Crippen MR) is 90.8 cm³/mol. The lowest BCUT2D eigenvalue weighted by atomic mass is 9.98. The maximum Gasteiger partial charge on any atom is 0.228 e. The number of hydrogen-bond donors (Lipinski definition) is 0. The van der Waals surface area contributed by atoms with Crippen LogP contribution in [0.2, 0.25) is 0 Å². The first-order chi connectivity index (χ1) is 11.8. The van der Waals surface area contributed by atoms with Crippen LogP contribution in [0.3, 0.4) is 0 Å². The van der Waals surface area contributed by atoms with Crippen LogP contribution >= 0.6 is 0 Å². The topological polar surface area (TPSA) is 42.0 Å². The molecule has 0 unspecified atom stereocenters. The van der Waals surface area contributed by atoms with Crippen molar-refractivity contribution >= 4 is 5.91 Å². The number of morpholine rings is 2. The van der Waals surface area contributed by atoms with Crippen molar-refractivity contribution in [2.24, 2.45) is 5.92 Å². The monoisotopic (exact) mass is 330 g/mol. The molecular formula is C19H26N2O3. The third-order valence-electron chi connectivity index (χ3n) is 5.43. The van der Waals surface area contributed by atoms with Crippen molar-refractivity contribution in [2.75, 3.05) is 45.9 Å². The Balaban J connectivity index is 1.33. The molecule has 130 valence electrons. The smallest absolute Gasteiger partial charge is 0.228 e. The Bertz CT molecular complexity index is 559. The molecule has 5 nitrogen and oxygen atoms in total. The zero-order chi connectivity index (χ0) is 16.4. The van der Waals surface area contributed by atoms with E-state index in [1.807, 2.05) is 4.90 Å². The van der Waals surface area contributed by atoms with Gasteiger partial charge in [-0.3, -0.25) is 9.69 Å². The fourth-order valence-electron chi connectivity index (χ4n) is 4.13. The van der Waals surface area contributed by atoms with E-state index >= 15 is 0 Å². The first-order valence-electron chi connectivity index (χ1n) is 9.08. The number of rotatable bonds is 4. The summed E-state index contributed by atoms with van der Waals surface area (Å²) in [6, 6.07) is 10.6. The van der Waals surface area contributed by atoms with E-state index in [2.05, 4.69) is 35.2 Å². The number of carbonyl (C=O) groups is 1. The third-order valence-corrected chi connectivity index (χ3v) is 5.43. The third kappa shape index (κ3) is 3.48. The molecule has 3 heterocycles. The Morgan fingerprint density at radius 1 is 1.12 bits per heavy atom. The normalized spacial score (nSPS) is 30.5. The number of likely N-dealkylation sites (tertiary alicyclic amines) is 1. The van der Waals surface area contributed by atoms with Gasteiger partial charge in [0.1, 0.15) is 0 Å². The van der Waals surface area contributed by atoms with Crippen LogP contribution in [0.1, 0.15) is 12.0 Å². The van der Waals surface area contributed by atoms with Crippen LogP contribution in [0.5, 0.6) is 0 Å². The molecule has 3 fully saturated rings. The molecule has 1 aromatic carbocycles. The Morgan fingerprint density at radius 3 is 2.71 bits per heavy atom. The molecule has 1 amide bonds. The highest BCUT2D eigenvalue weighted by molar-refractivity contribution is 5.80. The molecule has 2 bridgehead atoms. The van der Waals surface area contributed by atoms with Crippen LogP contribution in [-0.4, -0.2) is 73.9 Å². The Labute approximate surface area is 143 Å². The minimum Gasteiger partial charge on any atom is -0.378 e. The van der Waals surface area contributed by atoms with Crippen molar-refractivity contribution in [3.05, 3.63) is 35.9 Å². The number of fused-ring (bicyclic) bond motifs is 2. The maximum absolute atomic E-state index is 12.8. The van der Waals surface area contributed by atoms with Gasteiger partial charge in [0, 0.05) is 32.7 Å². The average Bonchev–Trinajstić information content (AvgIpc) is 2.95. The van der Waals surface area contributed by atoms with Gasteiger partial charge in [-0.2, -0.15) is 0 Å². The van der Waals surface area contributed by atoms with Crippen molar-refractivity contribution in [3.8, 4) is 0 Å². The van der Waals surface area contributed by atoms with Crippen molar-refractivity contribution in [1.29, 1.82) is 0 Å². The van der Waals surface area contributed by atoms with Gasteiger partial charge in [0.15, 0.2) is 0 Å². The molecule has 4 rings (SSSR count).